The molecule has 0 aromatic heterocycles. The molecule has 3 fully saturated rings. The third-order valence-corrected chi connectivity index (χ3v) is 11.2. The van der Waals surface area contributed by atoms with E-state index in [1.54, 1.807) is 45.7 Å². The van der Waals surface area contributed by atoms with Gasteiger partial charge < -0.3 is 19.8 Å². The molecule has 1 N–H and O–H groups in total. The summed E-state index contributed by atoms with van der Waals surface area (Å²) in [5, 5.41) is 12.5. The lowest BCUT2D eigenvalue weighted by Gasteiger charge is -2.39. The van der Waals surface area contributed by atoms with Gasteiger partial charge in [-0.2, -0.15) is 0 Å². The molecule has 3 saturated heterocycles. The van der Waals surface area contributed by atoms with Crippen LogP contribution in [-0.4, -0.2) is 80.9 Å². The quantitative estimate of drug-likeness (QED) is 0.439. The number of hydrogen-bond acceptors (Lipinski definition) is 5. The highest BCUT2D eigenvalue weighted by Gasteiger charge is 2.78. The zero-order valence-corrected chi connectivity index (χ0v) is 24.4. The highest BCUT2D eigenvalue weighted by atomic mass is 32.2. The van der Waals surface area contributed by atoms with Crippen LogP contribution in [0.2, 0.25) is 0 Å². The van der Waals surface area contributed by atoms with Crippen LogP contribution in [0.4, 0.5) is 5.69 Å². The number of fused-ring (bicyclic) bond motifs is 2. The summed E-state index contributed by atoms with van der Waals surface area (Å²) < 4.78 is -1.21. The Balaban J connectivity index is 1.62. The van der Waals surface area contributed by atoms with Gasteiger partial charge in [-0.15, -0.1) is 24.9 Å². The molecule has 0 aliphatic carbocycles. The van der Waals surface area contributed by atoms with Crippen LogP contribution in [0.3, 0.4) is 0 Å². The summed E-state index contributed by atoms with van der Waals surface area (Å²) >= 11 is 1.65. The Morgan fingerprint density at radius 1 is 1.12 bits per heavy atom. The number of nitrogens with zero attached hydrogens (tertiary/aromatic N) is 3. The summed E-state index contributed by atoms with van der Waals surface area (Å²) in [6.07, 6.45) is 5.28. The van der Waals surface area contributed by atoms with Crippen LogP contribution in [0.1, 0.15) is 33.1 Å². The average molecular weight is 562 g/mol. The predicted octanol–water partition coefficient (Wildman–Crippen LogP) is 4.26. The molecule has 2 bridgehead atoms. The Bertz CT molecular complexity index is 1360. The van der Waals surface area contributed by atoms with Crippen LogP contribution in [0, 0.1) is 11.8 Å². The number of carbonyl (C=O) groups excluding carboxylic acids is 3. The second-order valence-electron chi connectivity index (χ2n) is 11.5. The van der Waals surface area contributed by atoms with E-state index in [-0.39, 0.29) is 30.9 Å². The normalized spacial score (nSPS) is 29.4. The topological polar surface area (TPSA) is 81.2 Å². The van der Waals surface area contributed by atoms with Gasteiger partial charge in [0.05, 0.1) is 29.2 Å². The number of amides is 3. The van der Waals surface area contributed by atoms with Crippen molar-refractivity contribution < 1.29 is 19.5 Å². The Morgan fingerprint density at radius 2 is 1.82 bits per heavy atom. The first-order chi connectivity index (χ1) is 19.2. The van der Waals surface area contributed by atoms with Crippen LogP contribution >= 0.6 is 11.8 Å². The van der Waals surface area contributed by atoms with Crippen molar-refractivity contribution in [2.45, 2.75) is 54.7 Å². The molecule has 0 radical (unpaired) electrons. The lowest BCUT2D eigenvalue weighted by atomic mass is 9.66. The Morgan fingerprint density at radius 3 is 2.48 bits per heavy atom. The molecule has 2 aromatic rings. The van der Waals surface area contributed by atoms with E-state index < -0.39 is 33.4 Å². The minimum Gasteiger partial charge on any atom is -0.394 e. The second kappa shape index (κ2) is 10.7. The molecule has 3 aliphatic rings. The molecule has 1 spiro atoms. The van der Waals surface area contributed by atoms with Gasteiger partial charge in [0, 0.05) is 30.6 Å². The smallest absolute Gasteiger partial charge is 0.251 e. The number of rotatable bonds is 10. The molecule has 2 aromatic carbocycles. The number of aliphatic hydroxyl groups excluding tert-OH is 1. The van der Waals surface area contributed by atoms with Crippen molar-refractivity contribution in [2.75, 3.05) is 31.6 Å². The molecular formula is C32H39N3O4S. The van der Waals surface area contributed by atoms with E-state index in [4.69, 9.17) is 0 Å². The van der Waals surface area contributed by atoms with E-state index in [1.807, 2.05) is 49.4 Å². The van der Waals surface area contributed by atoms with Crippen molar-refractivity contribution in [3.63, 3.8) is 0 Å². The highest BCUT2D eigenvalue weighted by Crippen LogP contribution is 2.72. The fourth-order valence-electron chi connectivity index (χ4n) is 7.29. The Labute approximate surface area is 240 Å². The monoisotopic (exact) mass is 561 g/mol. The molecule has 40 heavy (non-hydrogen) atoms. The van der Waals surface area contributed by atoms with Gasteiger partial charge in [-0.05, 0) is 49.1 Å². The molecule has 5 rings (SSSR count). The summed E-state index contributed by atoms with van der Waals surface area (Å²) in [6.45, 7) is 12.1. The second-order valence-corrected chi connectivity index (χ2v) is 13.4. The van der Waals surface area contributed by atoms with Gasteiger partial charge in [-0.1, -0.05) is 49.4 Å². The maximum absolute atomic E-state index is 14.8. The van der Waals surface area contributed by atoms with E-state index in [1.165, 1.54) is 0 Å². The Hall–Kier alpha value is -3.10. The first-order valence-corrected chi connectivity index (χ1v) is 14.9. The van der Waals surface area contributed by atoms with E-state index in [9.17, 15) is 19.5 Å². The first-order valence-electron chi connectivity index (χ1n) is 14.1. The van der Waals surface area contributed by atoms with Gasteiger partial charge in [-0.3, -0.25) is 14.4 Å². The van der Waals surface area contributed by atoms with Crippen molar-refractivity contribution in [1.82, 2.24) is 9.80 Å². The van der Waals surface area contributed by atoms with Gasteiger partial charge in [0.2, 0.25) is 11.8 Å². The zero-order chi connectivity index (χ0) is 28.8. The van der Waals surface area contributed by atoms with Gasteiger partial charge in [-0.25, -0.2) is 0 Å². The van der Waals surface area contributed by atoms with Crippen molar-refractivity contribution in [3.05, 3.63) is 67.8 Å². The number of thioether (sulfide) groups is 1. The third kappa shape index (κ3) is 4.18. The molecule has 3 amide bonds. The van der Waals surface area contributed by atoms with Crippen molar-refractivity contribution in [3.8, 4) is 0 Å². The largest absolute Gasteiger partial charge is 0.394 e. The minimum absolute atomic E-state index is 0.0857. The van der Waals surface area contributed by atoms with E-state index >= 15 is 0 Å². The van der Waals surface area contributed by atoms with Crippen LogP contribution in [0.5, 0.6) is 0 Å². The number of likely N-dealkylation sites (N-methyl/N-ethyl adjacent to an activating group) is 1. The molecular weight excluding hydrogens is 522 g/mol. The molecule has 3 aliphatic heterocycles. The number of benzene rings is 2. The SMILES string of the molecule is C=CCN(C)C(=O)[C@@H]1[C@H]2C(=O)N([C@@H](CC)CO)C(C(=O)N(CC=C)c3ccc4ccccc4c3)C23CC[C@@]1(C)S3. The lowest BCUT2D eigenvalue weighted by Crippen LogP contribution is -2.57. The van der Waals surface area contributed by atoms with Gasteiger partial charge in [0.25, 0.3) is 5.91 Å². The van der Waals surface area contributed by atoms with Crippen LogP contribution in [0.25, 0.3) is 10.8 Å². The average Bonchev–Trinajstić information content (AvgIpc) is 3.52. The summed E-state index contributed by atoms with van der Waals surface area (Å²) in [5.74, 6) is -1.65. The molecule has 3 heterocycles. The molecule has 0 saturated carbocycles. The maximum atomic E-state index is 14.8. The molecule has 212 valence electrons. The van der Waals surface area contributed by atoms with Crippen LogP contribution < -0.4 is 4.90 Å². The predicted molar refractivity (Wildman–Crippen MR) is 161 cm³/mol. The fraction of sp³-hybridized carbons (Fsp3) is 0.469. The summed E-state index contributed by atoms with van der Waals surface area (Å²) in [6, 6.07) is 12.6. The fourth-order valence-corrected chi connectivity index (χ4v) is 9.62. The summed E-state index contributed by atoms with van der Waals surface area (Å²) in [4.78, 5) is 48.0. The maximum Gasteiger partial charge on any atom is 0.251 e. The van der Waals surface area contributed by atoms with Crippen LogP contribution in [0.15, 0.2) is 67.8 Å². The van der Waals surface area contributed by atoms with E-state index in [0.29, 0.717) is 19.4 Å². The molecule has 8 heteroatoms. The number of anilines is 1. The molecule has 2 unspecified atom stereocenters. The van der Waals surface area contributed by atoms with E-state index in [2.05, 4.69) is 20.1 Å². The number of aliphatic hydroxyl groups is 1. The molecule has 6 atom stereocenters. The standard InChI is InChI=1S/C32H39N3O4S/c1-6-17-33(5)28(37)25-26-29(38)35(23(8-3)20-36)27(32(26)16-15-31(25,4)40-32)30(39)34(18-7-2)24-14-13-21-11-9-10-12-22(21)19-24/h6-7,9-14,19,23,25-27,36H,1-2,8,15-18,20H2,3-5H3/t23-,25-,26-,27?,31+,32?/m0/s1. The lowest BCUT2D eigenvalue weighted by molar-refractivity contribution is -0.145. The molecule has 7 nitrogen and oxygen atoms in total. The number of likely N-dealkylation sites (tertiary alicyclic amines) is 1. The minimum atomic E-state index is -0.803. The Kier molecular flexibility index (Phi) is 7.61. The third-order valence-electron chi connectivity index (χ3n) is 9.19. The van der Waals surface area contributed by atoms with Gasteiger partial charge in [0.1, 0.15) is 6.04 Å². The van der Waals surface area contributed by atoms with Crippen LogP contribution in [-0.2, 0) is 14.4 Å². The summed E-state index contributed by atoms with van der Waals surface area (Å²) in [7, 11) is 1.74. The highest BCUT2D eigenvalue weighted by molar-refractivity contribution is 8.02. The van der Waals surface area contributed by atoms with Crippen molar-refractivity contribution in [1.29, 1.82) is 0 Å². The van der Waals surface area contributed by atoms with Crippen molar-refractivity contribution >= 4 is 45.9 Å². The van der Waals surface area contributed by atoms with Gasteiger partial charge >= 0.3 is 0 Å². The number of carbonyl (C=O) groups is 3. The summed E-state index contributed by atoms with van der Waals surface area (Å²) in [5.41, 5.74) is 0.731. The van der Waals surface area contributed by atoms with Gasteiger partial charge in [0.15, 0.2) is 0 Å². The van der Waals surface area contributed by atoms with E-state index in [0.717, 1.165) is 22.9 Å². The van der Waals surface area contributed by atoms with Crippen molar-refractivity contribution in [2.24, 2.45) is 11.8 Å². The zero-order valence-electron chi connectivity index (χ0n) is 23.6. The number of hydrogen-bond donors (Lipinski definition) is 1. The first kappa shape index (κ1) is 28.4.